The molecule has 1 aliphatic heterocycles. The minimum Gasteiger partial charge on any atom is -0.456 e. The Bertz CT molecular complexity index is 1680. The number of piperidine rings is 1. The number of hydrogen-bond donors (Lipinski definition) is 1. The molecule has 6 rings (SSSR count). The molecule has 5 aromatic rings. The van der Waals surface area contributed by atoms with Gasteiger partial charge in [0.05, 0.1) is 12.1 Å². The number of imidazole rings is 1. The molecule has 0 aliphatic carbocycles. The van der Waals surface area contributed by atoms with Crippen LogP contribution < -0.4 is 0 Å². The summed E-state index contributed by atoms with van der Waals surface area (Å²) in [5.74, 6) is 0.907. The van der Waals surface area contributed by atoms with Crippen LogP contribution in [-0.2, 0) is 29.3 Å². The zero-order valence-electron chi connectivity index (χ0n) is 35.8. The normalized spacial score (nSPS) is 12.8. The van der Waals surface area contributed by atoms with E-state index in [-0.39, 0.29) is 11.3 Å². The van der Waals surface area contributed by atoms with Crippen molar-refractivity contribution in [2.24, 2.45) is 7.05 Å². The van der Waals surface area contributed by atoms with Gasteiger partial charge in [0.1, 0.15) is 22.6 Å². The first-order chi connectivity index (χ1) is 25.0. The van der Waals surface area contributed by atoms with Gasteiger partial charge in [0.25, 0.3) is 0 Å². The third-order valence-electron chi connectivity index (χ3n) is 8.10. The molecule has 0 radical (unpaired) electrons. The molecule has 1 fully saturated rings. The maximum Gasteiger partial charge on any atom is 0.226 e. The molecule has 0 atom stereocenters. The van der Waals surface area contributed by atoms with Gasteiger partial charge in [0.15, 0.2) is 0 Å². The average Bonchev–Trinajstić information content (AvgIpc) is 3.77. The summed E-state index contributed by atoms with van der Waals surface area (Å²) in [6, 6.07) is 22.4. The van der Waals surface area contributed by atoms with Gasteiger partial charge in [-0.2, -0.15) is 0 Å². The van der Waals surface area contributed by atoms with Gasteiger partial charge in [0, 0.05) is 42.7 Å². The summed E-state index contributed by atoms with van der Waals surface area (Å²) >= 11 is 0. The van der Waals surface area contributed by atoms with Gasteiger partial charge in [-0.1, -0.05) is 159 Å². The first-order valence-corrected chi connectivity index (χ1v) is 20.1. The molecule has 0 unspecified atom stereocenters. The Morgan fingerprint density at radius 2 is 1.31 bits per heavy atom. The molecular weight excluding hydrogens is 643 g/mol. The highest BCUT2D eigenvalue weighted by atomic mass is 16.3. The number of likely N-dealkylation sites (tertiary alicyclic amines) is 1. The average molecular weight is 716 g/mol. The number of fused-ring (bicyclic) bond motifs is 3. The topological polar surface area (TPSA) is 71.5 Å². The molecule has 3 heterocycles. The number of carbonyl (C=O) groups is 1. The number of nitrogens with zero attached hydrogens (tertiary/aromatic N) is 3. The van der Waals surface area contributed by atoms with Gasteiger partial charge in [0.2, 0.25) is 5.91 Å². The van der Waals surface area contributed by atoms with Gasteiger partial charge in [-0.15, -0.1) is 0 Å². The fourth-order valence-electron chi connectivity index (χ4n) is 5.63. The monoisotopic (exact) mass is 716 g/mol. The van der Waals surface area contributed by atoms with Crippen molar-refractivity contribution in [3.8, 4) is 11.4 Å². The van der Waals surface area contributed by atoms with E-state index in [1.54, 1.807) is 0 Å². The van der Waals surface area contributed by atoms with Crippen molar-refractivity contribution in [2.75, 3.05) is 13.1 Å². The number of hydrogen-bond acceptors (Lipinski definition) is 4. The van der Waals surface area contributed by atoms with Crippen LogP contribution in [0.25, 0.3) is 33.3 Å². The highest BCUT2D eigenvalue weighted by Crippen LogP contribution is 2.35. The van der Waals surface area contributed by atoms with Gasteiger partial charge in [-0.25, -0.2) is 4.98 Å². The molecule has 6 nitrogen and oxygen atoms in total. The smallest absolute Gasteiger partial charge is 0.226 e. The second-order valence-electron chi connectivity index (χ2n) is 12.6. The molecule has 1 aliphatic rings. The van der Waals surface area contributed by atoms with Crippen LogP contribution >= 0.6 is 0 Å². The Morgan fingerprint density at radius 3 is 1.85 bits per heavy atom. The number of furan rings is 1. The summed E-state index contributed by atoms with van der Waals surface area (Å²) in [7, 11) is 1.96. The van der Waals surface area contributed by atoms with Gasteiger partial charge in [-0.3, -0.25) is 4.79 Å². The molecule has 1 N–H and O–H groups in total. The summed E-state index contributed by atoms with van der Waals surface area (Å²) in [6.07, 6.45) is 4.42. The maximum atomic E-state index is 13.2. The molecule has 1 amide bonds. The van der Waals surface area contributed by atoms with Gasteiger partial charge >= 0.3 is 0 Å². The number of aryl methyl sites for hydroxylation is 1. The number of rotatable bonds is 4. The van der Waals surface area contributed by atoms with E-state index in [9.17, 15) is 9.90 Å². The predicted molar refractivity (Wildman–Crippen MR) is 227 cm³/mol. The van der Waals surface area contributed by atoms with E-state index >= 15 is 0 Å². The first kappa shape index (κ1) is 48.1. The van der Waals surface area contributed by atoms with Crippen molar-refractivity contribution >= 4 is 27.8 Å². The number of para-hydroxylation sites is 1. The van der Waals surface area contributed by atoms with E-state index in [1.807, 2.05) is 128 Å². The summed E-state index contributed by atoms with van der Waals surface area (Å²) in [6.45, 7) is 31.9. The van der Waals surface area contributed by atoms with Crippen LogP contribution in [0.15, 0.2) is 77.3 Å². The zero-order valence-corrected chi connectivity index (χ0v) is 35.8. The van der Waals surface area contributed by atoms with Crippen LogP contribution in [0.5, 0.6) is 0 Å². The number of carbonyl (C=O) groups excluding carboxylic acids is 1. The van der Waals surface area contributed by atoms with Crippen molar-refractivity contribution < 1.29 is 14.3 Å². The third-order valence-corrected chi connectivity index (χ3v) is 8.10. The Balaban J connectivity index is 0.00000180. The minimum absolute atomic E-state index is 0.0739. The van der Waals surface area contributed by atoms with Crippen molar-refractivity contribution in [2.45, 2.75) is 141 Å². The lowest BCUT2D eigenvalue weighted by Gasteiger charge is -2.37. The summed E-state index contributed by atoms with van der Waals surface area (Å²) < 4.78 is 7.90. The van der Waals surface area contributed by atoms with Crippen LogP contribution in [0, 0.1) is 0 Å². The molecule has 0 saturated carbocycles. The molecule has 52 heavy (non-hydrogen) atoms. The minimum atomic E-state index is -1.05. The van der Waals surface area contributed by atoms with Gasteiger partial charge in [-0.05, 0) is 47.6 Å². The Morgan fingerprint density at radius 1 is 0.788 bits per heavy atom. The van der Waals surface area contributed by atoms with Gasteiger partial charge < -0.3 is 19.0 Å². The Kier molecular flexibility index (Phi) is 22.5. The number of aliphatic hydroxyl groups is 1. The van der Waals surface area contributed by atoms with Crippen molar-refractivity contribution in [3.05, 3.63) is 89.7 Å². The highest BCUT2D eigenvalue weighted by Gasteiger charge is 2.38. The first-order valence-electron chi connectivity index (χ1n) is 20.1. The van der Waals surface area contributed by atoms with Crippen LogP contribution in [0.1, 0.15) is 140 Å². The van der Waals surface area contributed by atoms with Crippen LogP contribution in [0.2, 0.25) is 0 Å². The Hall–Kier alpha value is -3.90. The number of benzene rings is 3. The predicted octanol–water partition coefficient (Wildman–Crippen LogP) is 12.9. The van der Waals surface area contributed by atoms with E-state index in [4.69, 9.17) is 9.40 Å². The highest BCUT2D eigenvalue weighted by molar-refractivity contribution is 6.05. The molecule has 290 valence electrons. The largest absolute Gasteiger partial charge is 0.456 e. The summed E-state index contributed by atoms with van der Waals surface area (Å²) in [5.41, 5.74) is 4.65. The second kappa shape index (κ2) is 24.4. The van der Waals surface area contributed by atoms with E-state index < -0.39 is 5.60 Å². The molecular formula is C46H73N3O3. The SMILES string of the molecule is CC.CC.CC.CC.CC.CCC.Cn1cc(C2(O)CCN(C(=O)Cc3ccc4oc5ccccc5c4c3)CC2)nc1-c1ccc(C(C)(C)C)cc1. The molecule has 2 aromatic heterocycles. The fraction of sp³-hybridized carbons (Fsp3) is 0.522. The molecule has 0 bridgehead atoms. The van der Waals surface area contributed by atoms with E-state index in [0.29, 0.717) is 38.0 Å². The lowest BCUT2D eigenvalue weighted by Crippen LogP contribution is -2.45. The van der Waals surface area contributed by atoms with E-state index in [0.717, 1.165) is 38.9 Å². The quantitative estimate of drug-likeness (QED) is 0.201. The zero-order chi connectivity index (χ0) is 40.1. The summed E-state index contributed by atoms with van der Waals surface area (Å²) in [4.78, 5) is 19.9. The standard InChI is InChI=1S/C33H35N3O3.C3H8.5C2H6/c1-32(2,3)24-12-10-23(11-13-24)31-34-29(21-35(31)4)33(38)15-17-36(18-16-33)30(37)20-22-9-14-28-26(19-22)25-7-5-6-8-27(25)39-28;1-3-2;5*1-2/h5-14,19,21,38H,15-18,20H2,1-4H3;3H2,1-2H3;5*1-2H3. The van der Waals surface area contributed by atoms with E-state index in [2.05, 4.69) is 65.0 Å². The lowest BCUT2D eigenvalue weighted by atomic mass is 9.86. The van der Waals surface area contributed by atoms with Crippen LogP contribution in [-0.4, -0.2) is 38.6 Å². The van der Waals surface area contributed by atoms with Crippen LogP contribution in [0.3, 0.4) is 0 Å². The number of aromatic nitrogens is 2. The molecule has 1 saturated heterocycles. The third kappa shape index (κ3) is 12.6. The fourth-order valence-corrected chi connectivity index (χ4v) is 5.63. The van der Waals surface area contributed by atoms with E-state index in [1.165, 1.54) is 12.0 Å². The second-order valence-corrected chi connectivity index (χ2v) is 12.6. The van der Waals surface area contributed by atoms with Crippen molar-refractivity contribution in [1.82, 2.24) is 14.5 Å². The molecule has 6 heteroatoms. The van der Waals surface area contributed by atoms with Crippen molar-refractivity contribution in [3.63, 3.8) is 0 Å². The number of amides is 1. The maximum absolute atomic E-state index is 13.2. The lowest BCUT2D eigenvalue weighted by molar-refractivity contribution is -0.135. The molecule has 3 aromatic carbocycles. The summed E-state index contributed by atoms with van der Waals surface area (Å²) in [5, 5.41) is 13.6. The Labute approximate surface area is 317 Å². The molecule has 0 spiro atoms. The van der Waals surface area contributed by atoms with Crippen molar-refractivity contribution in [1.29, 1.82) is 0 Å². The van der Waals surface area contributed by atoms with Crippen LogP contribution in [0.4, 0.5) is 0 Å².